The molecule has 0 bridgehead atoms. The molecular formula is C18H19N3O3S. The van der Waals surface area contributed by atoms with Crippen LogP contribution in [0, 0.1) is 27.7 Å². The average molecular weight is 357 g/mol. The summed E-state index contributed by atoms with van der Waals surface area (Å²) < 4.78 is 33.4. The van der Waals surface area contributed by atoms with Crippen molar-refractivity contribution >= 4 is 15.7 Å². The van der Waals surface area contributed by atoms with E-state index in [0.717, 1.165) is 11.1 Å². The van der Waals surface area contributed by atoms with Crippen LogP contribution in [0.2, 0.25) is 0 Å². The number of rotatable bonds is 4. The summed E-state index contributed by atoms with van der Waals surface area (Å²) in [6.45, 7) is 7.27. The van der Waals surface area contributed by atoms with Gasteiger partial charge in [0.05, 0.1) is 10.6 Å². The smallest absolute Gasteiger partial charge is 0.262 e. The zero-order valence-electron chi connectivity index (χ0n) is 14.5. The molecule has 0 aliphatic heterocycles. The van der Waals surface area contributed by atoms with Gasteiger partial charge < -0.3 is 4.52 Å². The lowest BCUT2D eigenvalue weighted by Gasteiger charge is -2.13. The van der Waals surface area contributed by atoms with Gasteiger partial charge in [-0.05, 0) is 44.0 Å². The van der Waals surface area contributed by atoms with E-state index in [9.17, 15) is 8.42 Å². The molecule has 0 aliphatic rings. The van der Waals surface area contributed by atoms with Crippen LogP contribution < -0.4 is 4.72 Å². The predicted molar refractivity (Wildman–Crippen MR) is 95.9 cm³/mol. The van der Waals surface area contributed by atoms with E-state index in [1.165, 1.54) is 0 Å². The Hall–Kier alpha value is -2.67. The molecule has 130 valence electrons. The lowest BCUT2D eigenvalue weighted by Crippen LogP contribution is -2.15. The molecule has 2 aromatic carbocycles. The van der Waals surface area contributed by atoms with Crippen LogP contribution in [0.15, 0.2) is 45.8 Å². The molecule has 3 rings (SSSR count). The van der Waals surface area contributed by atoms with E-state index in [4.69, 9.17) is 4.52 Å². The summed E-state index contributed by atoms with van der Waals surface area (Å²) in [7, 11) is -3.74. The van der Waals surface area contributed by atoms with Gasteiger partial charge in [-0.1, -0.05) is 35.0 Å². The second kappa shape index (κ2) is 6.33. The molecule has 7 heteroatoms. The standard InChI is InChI=1S/C18H19N3O3S/c1-11-5-8-16(13(3)9-11)21-25(22,23)17-10-15(7-6-12(17)2)18-19-14(4)24-20-18/h5-10,21H,1-4H3. The van der Waals surface area contributed by atoms with Crippen molar-refractivity contribution in [2.75, 3.05) is 4.72 Å². The van der Waals surface area contributed by atoms with Crippen LogP contribution in [0.4, 0.5) is 5.69 Å². The SMILES string of the molecule is Cc1ccc(NS(=O)(=O)c2cc(-c3noc(C)n3)ccc2C)c(C)c1. The maximum atomic E-state index is 12.9. The van der Waals surface area contributed by atoms with Gasteiger partial charge in [-0.25, -0.2) is 8.42 Å². The maximum absolute atomic E-state index is 12.9. The van der Waals surface area contributed by atoms with Gasteiger partial charge in [0.15, 0.2) is 0 Å². The molecule has 0 saturated carbocycles. The fraction of sp³-hybridized carbons (Fsp3) is 0.222. The van der Waals surface area contributed by atoms with Crippen LogP contribution in [0.1, 0.15) is 22.6 Å². The predicted octanol–water partition coefficient (Wildman–Crippen LogP) is 3.77. The molecule has 1 aromatic heterocycles. The molecule has 0 unspecified atom stereocenters. The first-order chi connectivity index (χ1) is 11.8. The average Bonchev–Trinajstić information content (AvgIpc) is 2.97. The highest BCUT2D eigenvalue weighted by molar-refractivity contribution is 7.92. The Kier molecular flexibility index (Phi) is 4.34. The Morgan fingerprint density at radius 1 is 0.960 bits per heavy atom. The zero-order valence-corrected chi connectivity index (χ0v) is 15.3. The van der Waals surface area contributed by atoms with Gasteiger partial charge >= 0.3 is 0 Å². The third-order valence-electron chi connectivity index (χ3n) is 3.89. The second-order valence-electron chi connectivity index (χ2n) is 6.04. The molecular weight excluding hydrogens is 338 g/mol. The quantitative estimate of drug-likeness (QED) is 0.768. The fourth-order valence-electron chi connectivity index (χ4n) is 2.57. The molecule has 0 saturated heterocycles. The van der Waals surface area contributed by atoms with Crippen molar-refractivity contribution in [1.29, 1.82) is 0 Å². The first-order valence-electron chi connectivity index (χ1n) is 7.78. The van der Waals surface area contributed by atoms with Crippen LogP contribution in [0.25, 0.3) is 11.4 Å². The zero-order chi connectivity index (χ0) is 18.2. The molecule has 1 N–H and O–H groups in total. The third-order valence-corrected chi connectivity index (χ3v) is 5.40. The second-order valence-corrected chi connectivity index (χ2v) is 7.69. The van der Waals surface area contributed by atoms with E-state index in [1.54, 1.807) is 38.1 Å². The maximum Gasteiger partial charge on any atom is 0.262 e. The van der Waals surface area contributed by atoms with Gasteiger partial charge in [-0.2, -0.15) is 4.98 Å². The Bertz CT molecular complexity index is 1040. The largest absolute Gasteiger partial charge is 0.339 e. The Labute approximate surface area is 147 Å². The number of nitrogens with zero attached hydrogens (tertiary/aromatic N) is 2. The summed E-state index contributed by atoms with van der Waals surface area (Å²) in [5.41, 5.74) is 3.73. The number of sulfonamides is 1. The number of aryl methyl sites for hydroxylation is 4. The molecule has 6 nitrogen and oxygen atoms in total. The monoisotopic (exact) mass is 357 g/mol. The molecule has 0 amide bonds. The normalized spacial score (nSPS) is 11.5. The van der Waals surface area contributed by atoms with E-state index < -0.39 is 10.0 Å². The van der Waals surface area contributed by atoms with Gasteiger partial charge in [0.2, 0.25) is 11.7 Å². The van der Waals surface area contributed by atoms with E-state index in [2.05, 4.69) is 14.9 Å². The summed E-state index contributed by atoms with van der Waals surface area (Å²) in [6.07, 6.45) is 0. The van der Waals surface area contributed by atoms with Crippen LogP contribution in [-0.2, 0) is 10.0 Å². The van der Waals surface area contributed by atoms with Crippen molar-refractivity contribution in [3.05, 3.63) is 59.0 Å². The van der Waals surface area contributed by atoms with E-state index in [-0.39, 0.29) is 4.90 Å². The lowest BCUT2D eigenvalue weighted by atomic mass is 10.1. The van der Waals surface area contributed by atoms with Gasteiger partial charge in [-0.3, -0.25) is 4.72 Å². The van der Waals surface area contributed by atoms with Crippen molar-refractivity contribution < 1.29 is 12.9 Å². The molecule has 1 heterocycles. The number of hydrogen-bond acceptors (Lipinski definition) is 5. The number of hydrogen-bond donors (Lipinski definition) is 1. The Balaban J connectivity index is 2.01. The highest BCUT2D eigenvalue weighted by Gasteiger charge is 2.20. The minimum absolute atomic E-state index is 0.187. The van der Waals surface area contributed by atoms with E-state index in [1.807, 2.05) is 26.0 Å². The summed E-state index contributed by atoms with van der Waals surface area (Å²) >= 11 is 0. The minimum Gasteiger partial charge on any atom is -0.339 e. The van der Waals surface area contributed by atoms with Gasteiger partial charge in [0.25, 0.3) is 10.0 Å². The number of benzene rings is 2. The summed E-state index contributed by atoms with van der Waals surface area (Å²) in [5, 5.41) is 3.85. The van der Waals surface area contributed by atoms with Crippen molar-refractivity contribution in [1.82, 2.24) is 10.1 Å². The third kappa shape index (κ3) is 3.56. The van der Waals surface area contributed by atoms with Crippen LogP contribution >= 0.6 is 0 Å². The topological polar surface area (TPSA) is 85.1 Å². The summed E-state index contributed by atoms with van der Waals surface area (Å²) in [4.78, 5) is 4.34. The van der Waals surface area contributed by atoms with Crippen LogP contribution in [0.3, 0.4) is 0 Å². The highest BCUT2D eigenvalue weighted by atomic mass is 32.2. The number of anilines is 1. The van der Waals surface area contributed by atoms with Crippen molar-refractivity contribution in [2.24, 2.45) is 0 Å². The van der Waals surface area contributed by atoms with Gasteiger partial charge in [-0.15, -0.1) is 0 Å². The fourth-order valence-corrected chi connectivity index (χ4v) is 3.98. The molecule has 3 aromatic rings. The van der Waals surface area contributed by atoms with E-state index >= 15 is 0 Å². The Morgan fingerprint density at radius 2 is 1.72 bits per heavy atom. The van der Waals surface area contributed by atoms with Crippen LogP contribution in [0.5, 0.6) is 0 Å². The lowest BCUT2D eigenvalue weighted by molar-refractivity contribution is 0.394. The Morgan fingerprint density at radius 3 is 2.36 bits per heavy atom. The van der Waals surface area contributed by atoms with Gasteiger partial charge in [0.1, 0.15) is 0 Å². The highest BCUT2D eigenvalue weighted by Crippen LogP contribution is 2.26. The van der Waals surface area contributed by atoms with Gasteiger partial charge in [0, 0.05) is 12.5 Å². The number of aromatic nitrogens is 2. The minimum atomic E-state index is -3.74. The molecule has 0 fully saturated rings. The van der Waals surface area contributed by atoms with E-state index in [0.29, 0.717) is 28.5 Å². The van der Waals surface area contributed by atoms with Crippen molar-refractivity contribution in [3.8, 4) is 11.4 Å². The molecule has 25 heavy (non-hydrogen) atoms. The first-order valence-corrected chi connectivity index (χ1v) is 9.26. The van der Waals surface area contributed by atoms with Crippen LogP contribution in [-0.4, -0.2) is 18.6 Å². The first kappa shape index (κ1) is 17.2. The van der Waals surface area contributed by atoms with Crippen molar-refractivity contribution in [3.63, 3.8) is 0 Å². The summed E-state index contributed by atoms with van der Waals surface area (Å²) in [5.74, 6) is 0.786. The summed E-state index contributed by atoms with van der Waals surface area (Å²) in [6, 6.07) is 10.6. The molecule has 0 spiro atoms. The molecule has 0 radical (unpaired) electrons. The molecule has 0 aliphatic carbocycles. The van der Waals surface area contributed by atoms with Crippen molar-refractivity contribution in [2.45, 2.75) is 32.6 Å². The molecule has 0 atom stereocenters. The number of nitrogens with one attached hydrogen (secondary N) is 1.